The fraction of sp³-hybridized carbons (Fsp3) is 0.286. The van der Waals surface area contributed by atoms with Gasteiger partial charge in [-0.1, -0.05) is 30.3 Å². The van der Waals surface area contributed by atoms with E-state index in [0.29, 0.717) is 17.1 Å². The smallest absolute Gasteiger partial charge is 0.344 e. The minimum atomic E-state index is -0.967. The van der Waals surface area contributed by atoms with Crippen LogP contribution < -0.4 is 10.1 Å². The molecular formula is C21H22BrN3O4. The molecule has 1 aromatic heterocycles. The largest absolute Gasteiger partial charge is 0.481 e. The predicted molar refractivity (Wildman–Crippen MR) is 114 cm³/mol. The molecule has 0 radical (unpaired) electrons. The second-order valence-electron chi connectivity index (χ2n) is 6.68. The van der Waals surface area contributed by atoms with E-state index >= 15 is 0 Å². The Balaban J connectivity index is 1.57. The van der Waals surface area contributed by atoms with E-state index in [2.05, 4.69) is 26.3 Å². The van der Waals surface area contributed by atoms with Crippen LogP contribution in [0.5, 0.6) is 5.75 Å². The van der Waals surface area contributed by atoms with Crippen molar-refractivity contribution in [3.8, 4) is 5.75 Å². The molecule has 1 amide bonds. The van der Waals surface area contributed by atoms with Crippen molar-refractivity contribution in [1.82, 2.24) is 9.78 Å². The number of ether oxygens (including phenoxy) is 2. The predicted octanol–water partition coefficient (Wildman–Crippen LogP) is 3.90. The first-order valence-corrected chi connectivity index (χ1v) is 9.87. The Hall–Kier alpha value is -2.87. The molecule has 0 bridgehead atoms. The number of amides is 1. The number of nitrogens with one attached hydrogen (secondary N) is 1. The standard InChI is InChI=1S/C21H22BrN3O4/c1-12-20(13(2)25(4)24-12)23-21(27)14(3)29-18(26)11-28-17-10-9-15-7-5-6-8-16(15)19(17)22/h5-10,14H,11H2,1-4H3,(H,23,27). The van der Waals surface area contributed by atoms with Gasteiger partial charge in [0.2, 0.25) is 0 Å². The van der Waals surface area contributed by atoms with E-state index in [0.717, 1.165) is 20.9 Å². The fourth-order valence-corrected chi connectivity index (χ4v) is 3.53. The number of benzene rings is 2. The number of esters is 1. The number of hydrogen-bond acceptors (Lipinski definition) is 5. The lowest BCUT2D eigenvalue weighted by molar-refractivity contribution is -0.155. The monoisotopic (exact) mass is 459 g/mol. The molecule has 0 aliphatic heterocycles. The number of anilines is 1. The maximum absolute atomic E-state index is 12.4. The Bertz CT molecular complexity index is 1080. The molecule has 152 valence electrons. The summed E-state index contributed by atoms with van der Waals surface area (Å²) in [5, 5.41) is 9.04. The van der Waals surface area contributed by atoms with Crippen LogP contribution in [0.25, 0.3) is 10.8 Å². The van der Waals surface area contributed by atoms with E-state index in [1.807, 2.05) is 37.3 Å². The summed E-state index contributed by atoms with van der Waals surface area (Å²) in [6, 6.07) is 11.5. The van der Waals surface area contributed by atoms with Crippen molar-refractivity contribution in [3.63, 3.8) is 0 Å². The van der Waals surface area contributed by atoms with Crippen molar-refractivity contribution in [2.24, 2.45) is 7.05 Å². The third-order valence-corrected chi connectivity index (χ3v) is 5.43. The molecule has 0 saturated carbocycles. The van der Waals surface area contributed by atoms with Gasteiger partial charge in [-0.25, -0.2) is 4.79 Å². The third kappa shape index (κ3) is 4.59. The molecule has 0 aliphatic carbocycles. The van der Waals surface area contributed by atoms with E-state index in [4.69, 9.17) is 9.47 Å². The number of aryl methyl sites for hydroxylation is 2. The Morgan fingerprint density at radius 2 is 1.93 bits per heavy atom. The lowest BCUT2D eigenvalue weighted by Crippen LogP contribution is -2.32. The first-order chi connectivity index (χ1) is 13.8. The Kier molecular flexibility index (Phi) is 6.22. The highest BCUT2D eigenvalue weighted by molar-refractivity contribution is 9.10. The number of rotatable bonds is 6. The summed E-state index contributed by atoms with van der Waals surface area (Å²) in [5.41, 5.74) is 2.14. The van der Waals surface area contributed by atoms with Gasteiger partial charge in [-0.05, 0) is 53.5 Å². The Labute approximate surface area is 177 Å². The Morgan fingerprint density at radius 3 is 2.62 bits per heavy atom. The average molecular weight is 460 g/mol. The van der Waals surface area contributed by atoms with Gasteiger partial charge in [0.25, 0.3) is 5.91 Å². The second-order valence-corrected chi connectivity index (χ2v) is 7.47. The van der Waals surface area contributed by atoms with Crippen LogP contribution in [0.15, 0.2) is 40.9 Å². The zero-order valence-electron chi connectivity index (χ0n) is 16.7. The van der Waals surface area contributed by atoms with Gasteiger partial charge in [0.15, 0.2) is 12.7 Å². The molecule has 0 spiro atoms. The topological polar surface area (TPSA) is 82.5 Å². The van der Waals surface area contributed by atoms with Crippen LogP contribution >= 0.6 is 15.9 Å². The zero-order valence-corrected chi connectivity index (χ0v) is 18.2. The van der Waals surface area contributed by atoms with E-state index in [1.54, 1.807) is 24.7 Å². The minimum Gasteiger partial charge on any atom is -0.481 e. The minimum absolute atomic E-state index is 0.306. The number of fused-ring (bicyclic) bond motifs is 1. The van der Waals surface area contributed by atoms with Crippen molar-refractivity contribution in [3.05, 3.63) is 52.3 Å². The van der Waals surface area contributed by atoms with Gasteiger partial charge < -0.3 is 14.8 Å². The van der Waals surface area contributed by atoms with Crippen LogP contribution in [-0.4, -0.2) is 34.4 Å². The van der Waals surface area contributed by atoms with Crippen LogP contribution in [-0.2, 0) is 21.4 Å². The molecule has 3 rings (SSSR count). The van der Waals surface area contributed by atoms with Gasteiger partial charge in [0, 0.05) is 7.05 Å². The molecule has 7 nitrogen and oxygen atoms in total. The highest BCUT2D eigenvalue weighted by atomic mass is 79.9. The van der Waals surface area contributed by atoms with Gasteiger partial charge in [0.05, 0.1) is 21.5 Å². The zero-order chi connectivity index (χ0) is 21.1. The summed E-state index contributed by atoms with van der Waals surface area (Å²) in [4.78, 5) is 24.5. The lowest BCUT2D eigenvalue weighted by atomic mass is 10.1. The second kappa shape index (κ2) is 8.65. The fourth-order valence-electron chi connectivity index (χ4n) is 2.93. The summed E-state index contributed by atoms with van der Waals surface area (Å²) in [7, 11) is 1.80. The number of halogens is 1. The SMILES string of the molecule is Cc1nn(C)c(C)c1NC(=O)C(C)OC(=O)COc1ccc2ccccc2c1Br. The van der Waals surface area contributed by atoms with Crippen LogP contribution in [0.4, 0.5) is 5.69 Å². The molecule has 0 aliphatic rings. The van der Waals surface area contributed by atoms with E-state index in [9.17, 15) is 9.59 Å². The maximum atomic E-state index is 12.4. The molecule has 0 saturated heterocycles. The van der Waals surface area contributed by atoms with Crippen molar-refractivity contribution >= 4 is 44.3 Å². The van der Waals surface area contributed by atoms with E-state index in [-0.39, 0.29) is 6.61 Å². The maximum Gasteiger partial charge on any atom is 0.344 e. The van der Waals surface area contributed by atoms with Crippen LogP contribution in [0.1, 0.15) is 18.3 Å². The highest BCUT2D eigenvalue weighted by Crippen LogP contribution is 2.33. The van der Waals surface area contributed by atoms with Gasteiger partial charge in [-0.2, -0.15) is 5.10 Å². The summed E-state index contributed by atoms with van der Waals surface area (Å²) in [6.45, 7) is 4.86. The van der Waals surface area contributed by atoms with Gasteiger partial charge >= 0.3 is 5.97 Å². The summed E-state index contributed by atoms with van der Waals surface area (Å²) in [5.74, 6) is -0.531. The molecule has 2 aromatic carbocycles. The third-order valence-electron chi connectivity index (χ3n) is 4.61. The van der Waals surface area contributed by atoms with Crippen LogP contribution in [0.2, 0.25) is 0 Å². The molecule has 3 aromatic rings. The summed E-state index contributed by atoms with van der Waals surface area (Å²) >= 11 is 3.51. The molecule has 1 heterocycles. The molecule has 29 heavy (non-hydrogen) atoms. The van der Waals surface area contributed by atoms with Gasteiger partial charge in [0.1, 0.15) is 5.75 Å². The molecule has 8 heteroatoms. The quantitative estimate of drug-likeness (QED) is 0.565. The molecule has 1 N–H and O–H groups in total. The van der Waals surface area contributed by atoms with Crippen molar-refractivity contribution < 1.29 is 19.1 Å². The first kappa shape index (κ1) is 20.9. The first-order valence-electron chi connectivity index (χ1n) is 9.08. The number of carbonyl (C=O) groups is 2. The molecular weight excluding hydrogens is 438 g/mol. The molecule has 1 atom stereocenters. The number of nitrogens with zero attached hydrogens (tertiary/aromatic N) is 2. The number of carbonyl (C=O) groups excluding carboxylic acids is 2. The summed E-state index contributed by atoms with van der Waals surface area (Å²) in [6.07, 6.45) is -0.967. The van der Waals surface area contributed by atoms with Gasteiger partial charge in [-0.15, -0.1) is 0 Å². The van der Waals surface area contributed by atoms with Crippen molar-refractivity contribution in [2.45, 2.75) is 26.9 Å². The van der Waals surface area contributed by atoms with E-state index in [1.165, 1.54) is 6.92 Å². The average Bonchev–Trinajstić information content (AvgIpc) is 2.93. The molecule has 0 fully saturated rings. The molecule has 1 unspecified atom stereocenters. The number of hydrogen-bond donors (Lipinski definition) is 1. The lowest BCUT2D eigenvalue weighted by Gasteiger charge is -2.15. The van der Waals surface area contributed by atoms with Crippen molar-refractivity contribution in [1.29, 1.82) is 0 Å². The van der Waals surface area contributed by atoms with Gasteiger partial charge in [-0.3, -0.25) is 9.48 Å². The van der Waals surface area contributed by atoms with Crippen LogP contribution in [0.3, 0.4) is 0 Å². The van der Waals surface area contributed by atoms with Crippen molar-refractivity contribution in [2.75, 3.05) is 11.9 Å². The van der Waals surface area contributed by atoms with E-state index < -0.39 is 18.0 Å². The Morgan fingerprint density at radius 1 is 1.21 bits per heavy atom. The number of aromatic nitrogens is 2. The van der Waals surface area contributed by atoms with Crippen LogP contribution in [0, 0.1) is 13.8 Å². The highest BCUT2D eigenvalue weighted by Gasteiger charge is 2.21. The normalized spacial score (nSPS) is 11.9. The summed E-state index contributed by atoms with van der Waals surface area (Å²) < 4.78 is 13.2.